The lowest BCUT2D eigenvalue weighted by atomic mass is 10.2. The van der Waals surface area contributed by atoms with Gasteiger partial charge in [-0.25, -0.2) is 0 Å². The Hall–Kier alpha value is 0.160. The summed E-state index contributed by atoms with van der Waals surface area (Å²) >= 11 is 6.11. The van der Waals surface area contributed by atoms with Crippen molar-refractivity contribution in [2.24, 2.45) is 0 Å². The molecule has 1 saturated carbocycles. The molecule has 0 bridgehead atoms. The lowest BCUT2D eigenvalue weighted by Gasteiger charge is -2.24. The Labute approximate surface area is 109 Å². The Balaban J connectivity index is 1.97. The first-order valence-electron chi connectivity index (χ1n) is 6.51. The molecule has 2 unspecified atom stereocenters. The van der Waals surface area contributed by atoms with Crippen LogP contribution in [0.2, 0.25) is 0 Å². The van der Waals surface area contributed by atoms with Crippen LogP contribution in [0, 0.1) is 0 Å². The first-order chi connectivity index (χ1) is 8.09. The monoisotopic (exact) mass is 280 g/mol. The molecule has 0 amide bonds. The topological polar surface area (TPSA) is 49.4 Å². The molecular formula is C11H21ClN2O2S. The summed E-state index contributed by atoms with van der Waals surface area (Å²) in [5.41, 5.74) is 0. The van der Waals surface area contributed by atoms with Crippen molar-refractivity contribution in [3.63, 3.8) is 0 Å². The van der Waals surface area contributed by atoms with Gasteiger partial charge in [0.25, 0.3) is 10.2 Å². The van der Waals surface area contributed by atoms with Crippen LogP contribution in [0.25, 0.3) is 0 Å². The molecule has 17 heavy (non-hydrogen) atoms. The highest BCUT2D eigenvalue weighted by atomic mass is 35.5. The average molecular weight is 281 g/mol. The van der Waals surface area contributed by atoms with Gasteiger partial charge in [0, 0.05) is 24.5 Å². The zero-order valence-electron chi connectivity index (χ0n) is 10.1. The second-order valence-electron chi connectivity index (χ2n) is 4.99. The standard InChI is InChI=1S/C11H21ClN2O2S/c12-10-6-5-7-11(10)13-17(15,16)14-8-3-1-2-4-9-14/h10-11,13H,1-9H2. The fraction of sp³-hybridized carbons (Fsp3) is 1.00. The maximum Gasteiger partial charge on any atom is 0.279 e. The van der Waals surface area contributed by atoms with Crippen LogP contribution in [0.5, 0.6) is 0 Å². The third-order valence-electron chi connectivity index (χ3n) is 3.64. The minimum Gasteiger partial charge on any atom is -0.198 e. The molecule has 2 fully saturated rings. The molecule has 0 spiro atoms. The van der Waals surface area contributed by atoms with Crippen molar-refractivity contribution >= 4 is 21.8 Å². The van der Waals surface area contributed by atoms with Gasteiger partial charge < -0.3 is 0 Å². The van der Waals surface area contributed by atoms with E-state index in [1.807, 2.05) is 0 Å². The Morgan fingerprint density at radius 2 is 1.65 bits per heavy atom. The lowest BCUT2D eigenvalue weighted by molar-refractivity contribution is 0.407. The summed E-state index contributed by atoms with van der Waals surface area (Å²) in [6.07, 6.45) is 6.99. The summed E-state index contributed by atoms with van der Waals surface area (Å²) in [5, 5.41) is -0.0447. The van der Waals surface area contributed by atoms with Crippen molar-refractivity contribution in [3.05, 3.63) is 0 Å². The van der Waals surface area contributed by atoms with Gasteiger partial charge >= 0.3 is 0 Å². The Morgan fingerprint density at radius 1 is 1.00 bits per heavy atom. The summed E-state index contributed by atoms with van der Waals surface area (Å²) in [6.45, 7) is 1.30. The largest absolute Gasteiger partial charge is 0.279 e. The normalized spacial score (nSPS) is 32.5. The maximum absolute atomic E-state index is 12.2. The van der Waals surface area contributed by atoms with Crippen LogP contribution in [0.15, 0.2) is 0 Å². The second-order valence-corrected chi connectivity index (χ2v) is 7.25. The van der Waals surface area contributed by atoms with Crippen LogP contribution < -0.4 is 4.72 Å². The first kappa shape index (κ1) is 13.6. The van der Waals surface area contributed by atoms with Gasteiger partial charge in [0.1, 0.15) is 0 Å². The fourth-order valence-electron chi connectivity index (χ4n) is 2.60. The van der Waals surface area contributed by atoms with Crippen LogP contribution in [0.1, 0.15) is 44.9 Å². The highest BCUT2D eigenvalue weighted by Gasteiger charge is 2.32. The Morgan fingerprint density at radius 3 is 2.18 bits per heavy atom. The van der Waals surface area contributed by atoms with E-state index in [4.69, 9.17) is 11.6 Å². The van der Waals surface area contributed by atoms with Gasteiger partial charge in [-0.05, 0) is 25.7 Å². The first-order valence-corrected chi connectivity index (χ1v) is 8.39. The van der Waals surface area contributed by atoms with Gasteiger partial charge in [-0.15, -0.1) is 11.6 Å². The molecule has 2 atom stereocenters. The summed E-state index contributed by atoms with van der Waals surface area (Å²) in [5.74, 6) is 0. The molecule has 4 nitrogen and oxygen atoms in total. The van der Waals surface area contributed by atoms with Gasteiger partial charge in [0.2, 0.25) is 0 Å². The van der Waals surface area contributed by atoms with Crippen molar-refractivity contribution in [3.8, 4) is 0 Å². The van der Waals surface area contributed by atoms with Crippen molar-refractivity contribution in [1.82, 2.24) is 9.03 Å². The van der Waals surface area contributed by atoms with Crippen LogP contribution in [-0.4, -0.2) is 37.2 Å². The van der Waals surface area contributed by atoms with E-state index in [2.05, 4.69) is 4.72 Å². The van der Waals surface area contributed by atoms with Crippen molar-refractivity contribution in [1.29, 1.82) is 0 Å². The number of alkyl halides is 1. The average Bonchev–Trinajstić information content (AvgIpc) is 2.58. The van der Waals surface area contributed by atoms with Crippen LogP contribution in [0.4, 0.5) is 0 Å². The highest BCUT2D eigenvalue weighted by Crippen LogP contribution is 2.25. The molecule has 0 aromatic carbocycles. The Kier molecular flexibility index (Phi) is 4.69. The van der Waals surface area contributed by atoms with Gasteiger partial charge in [0.05, 0.1) is 0 Å². The van der Waals surface area contributed by atoms with E-state index in [0.29, 0.717) is 13.1 Å². The van der Waals surface area contributed by atoms with Gasteiger partial charge in [-0.2, -0.15) is 17.4 Å². The molecule has 2 aliphatic rings. The molecule has 6 heteroatoms. The van der Waals surface area contributed by atoms with Crippen LogP contribution >= 0.6 is 11.6 Å². The molecule has 100 valence electrons. The van der Waals surface area contributed by atoms with Crippen molar-refractivity contribution in [2.75, 3.05) is 13.1 Å². The number of rotatable bonds is 3. The van der Waals surface area contributed by atoms with Crippen molar-refractivity contribution < 1.29 is 8.42 Å². The van der Waals surface area contributed by atoms with E-state index >= 15 is 0 Å². The highest BCUT2D eigenvalue weighted by molar-refractivity contribution is 7.87. The minimum absolute atomic E-state index is 0.0447. The van der Waals surface area contributed by atoms with E-state index < -0.39 is 10.2 Å². The molecule has 2 rings (SSSR count). The van der Waals surface area contributed by atoms with E-state index in [1.54, 1.807) is 4.31 Å². The van der Waals surface area contributed by atoms with Crippen molar-refractivity contribution in [2.45, 2.75) is 56.4 Å². The van der Waals surface area contributed by atoms with E-state index in [-0.39, 0.29) is 11.4 Å². The summed E-state index contributed by atoms with van der Waals surface area (Å²) < 4.78 is 28.7. The zero-order valence-corrected chi connectivity index (χ0v) is 11.6. The summed E-state index contributed by atoms with van der Waals surface area (Å²) in [4.78, 5) is 0. The molecule has 1 aliphatic carbocycles. The maximum atomic E-state index is 12.2. The second kappa shape index (κ2) is 5.87. The summed E-state index contributed by atoms with van der Waals surface area (Å²) in [7, 11) is -3.32. The molecule has 1 heterocycles. The zero-order chi connectivity index (χ0) is 12.3. The third-order valence-corrected chi connectivity index (χ3v) is 5.80. The minimum atomic E-state index is -3.32. The summed E-state index contributed by atoms with van der Waals surface area (Å²) in [6, 6.07) is -0.0788. The predicted octanol–water partition coefficient (Wildman–Crippen LogP) is 1.86. The number of halogens is 1. The molecule has 0 aromatic rings. The van der Waals surface area contributed by atoms with E-state index in [9.17, 15) is 8.42 Å². The fourth-order valence-corrected chi connectivity index (χ4v) is 4.57. The number of nitrogens with zero attached hydrogens (tertiary/aromatic N) is 1. The molecule has 1 aliphatic heterocycles. The van der Waals surface area contributed by atoms with Gasteiger partial charge in [-0.1, -0.05) is 19.3 Å². The molecule has 1 N–H and O–H groups in total. The molecule has 1 saturated heterocycles. The predicted molar refractivity (Wildman–Crippen MR) is 69.4 cm³/mol. The molecule has 0 aromatic heterocycles. The molecular weight excluding hydrogens is 260 g/mol. The van der Waals surface area contributed by atoms with Crippen LogP contribution in [-0.2, 0) is 10.2 Å². The molecule has 0 radical (unpaired) electrons. The van der Waals surface area contributed by atoms with E-state index in [0.717, 1.165) is 44.9 Å². The number of hydrogen-bond donors (Lipinski definition) is 1. The van der Waals surface area contributed by atoms with E-state index in [1.165, 1.54) is 0 Å². The Bertz CT molecular complexity index is 339. The third kappa shape index (κ3) is 3.56. The number of hydrogen-bond acceptors (Lipinski definition) is 2. The lowest BCUT2D eigenvalue weighted by Crippen LogP contribution is -2.47. The van der Waals surface area contributed by atoms with Gasteiger partial charge in [-0.3, -0.25) is 0 Å². The van der Waals surface area contributed by atoms with Crippen LogP contribution in [0.3, 0.4) is 0 Å². The quantitative estimate of drug-likeness (QED) is 0.802. The van der Waals surface area contributed by atoms with Gasteiger partial charge in [0.15, 0.2) is 0 Å². The smallest absolute Gasteiger partial charge is 0.198 e. The SMILES string of the molecule is O=S(=O)(NC1CCCC1Cl)N1CCCCCC1. The number of nitrogens with one attached hydrogen (secondary N) is 1.